The number of piperidine rings is 1. The summed E-state index contributed by atoms with van der Waals surface area (Å²) in [6, 6.07) is 6.84. The number of amides is 1. The molecule has 1 N–H and O–H groups in total. The van der Waals surface area contributed by atoms with Crippen LogP contribution in [-0.4, -0.2) is 37.0 Å². The Morgan fingerprint density at radius 2 is 2.15 bits per heavy atom. The van der Waals surface area contributed by atoms with E-state index in [1.54, 1.807) is 12.1 Å². The highest BCUT2D eigenvalue weighted by Crippen LogP contribution is 2.21. The maximum atomic E-state index is 12.9. The van der Waals surface area contributed by atoms with Crippen LogP contribution in [0.4, 0.5) is 4.39 Å². The molecule has 0 aliphatic carbocycles. The second-order valence-electron chi connectivity index (χ2n) is 5.62. The number of carbonyl (C=O) groups is 1. The van der Waals surface area contributed by atoms with Crippen molar-refractivity contribution in [3.63, 3.8) is 0 Å². The standard InChI is InChI=1S/C16H23FN2O/c1-12(13-5-7-14(17)8-6-13)10-16(20)19-9-3-4-15(11-19)18-2/h5-8,12,15,18H,3-4,9-11H2,1-2H3. The topological polar surface area (TPSA) is 32.3 Å². The number of halogens is 1. The van der Waals surface area contributed by atoms with Crippen LogP contribution in [0.2, 0.25) is 0 Å². The average molecular weight is 278 g/mol. The van der Waals surface area contributed by atoms with Gasteiger partial charge >= 0.3 is 0 Å². The number of likely N-dealkylation sites (tertiary alicyclic amines) is 1. The minimum atomic E-state index is -0.236. The fourth-order valence-electron chi connectivity index (χ4n) is 2.74. The zero-order chi connectivity index (χ0) is 14.5. The van der Waals surface area contributed by atoms with Crippen molar-refractivity contribution in [2.75, 3.05) is 20.1 Å². The van der Waals surface area contributed by atoms with Gasteiger partial charge in [0.1, 0.15) is 5.82 Å². The van der Waals surface area contributed by atoms with Crippen LogP contribution in [0.3, 0.4) is 0 Å². The summed E-state index contributed by atoms with van der Waals surface area (Å²) in [5.41, 5.74) is 1.02. The summed E-state index contributed by atoms with van der Waals surface area (Å²) in [6.07, 6.45) is 2.68. The summed E-state index contributed by atoms with van der Waals surface area (Å²) in [5.74, 6) is 0.0833. The van der Waals surface area contributed by atoms with Gasteiger partial charge in [0.15, 0.2) is 0 Å². The van der Waals surface area contributed by atoms with Crippen molar-refractivity contribution < 1.29 is 9.18 Å². The van der Waals surface area contributed by atoms with Crippen LogP contribution < -0.4 is 5.32 Å². The molecule has 1 aliphatic rings. The molecule has 3 nitrogen and oxygen atoms in total. The molecule has 1 saturated heterocycles. The molecule has 110 valence electrons. The van der Waals surface area contributed by atoms with E-state index in [2.05, 4.69) is 5.32 Å². The summed E-state index contributed by atoms with van der Waals surface area (Å²) in [4.78, 5) is 14.3. The minimum Gasteiger partial charge on any atom is -0.341 e. The molecule has 2 unspecified atom stereocenters. The molecule has 4 heteroatoms. The second-order valence-corrected chi connectivity index (χ2v) is 5.62. The van der Waals surface area contributed by atoms with Crippen LogP contribution in [0.15, 0.2) is 24.3 Å². The summed E-state index contributed by atoms with van der Waals surface area (Å²) in [5, 5.41) is 3.24. The Morgan fingerprint density at radius 1 is 1.45 bits per heavy atom. The van der Waals surface area contributed by atoms with Crippen LogP contribution in [0.25, 0.3) is 0 Å². The van der Waals surface area contributed by atoms with Gasteiger partial charge in [0.25, 0.3) is 0 Å². The van der Waals surface area contributed by atoms with Crippen molar-refractivity contribution in [1.82, 2.24) is 10.2 Å². The summed E-state index contributed by atoms with van der Waals surface area (Å²) < 4.78 is 12.9. The predicted molar refractivity (Wildman–Crippen MR) is 78.1 cm³/mol. The fourth-order valence-corrected chi connectivity index (χ4v) is 2.74. The Morgan fingerprint density at radius 3 is 2.80 bits per heavy atom. The molecule has 1 heterocycles. The first-order valence-corrected chi connectivity index (χ1v) is 7.30. The molecular weight excluding hydrogens is 255 g/mol. The number of hydrogen-bond acceptors (Lipinski definition) is 2. The number of nitrogens with zero attached hydrogens (tertiary/aromatic N) is 1. The maximum absolute atomic E-state index is 12.9. The number of hydrogen-bond donors (Lipinski definition) is 1. The lowest BCUT2D eigenvalue weighted by atomic mass is 9.96. The predicted octanol–water partition coefficient (Wildman–Crippen LogP) is 2.53. The van der Waals surface area contributed by atoms with Gasteiger partial charge in [-0.15, -0.1) is 0 Å². The zero-order valence-electron chi connectivity index (χ0n) is 12.2. The normalized spacial score (nSPS) is 20.8. The lowest BCUT2D eigenvalue weighted by Crippen LogP contribution is -2.47. The Kier molecular flexibility index (Phi) is 5.12. The van der Waals surface area contributed by atoms with Crippen molar-refractivity contribution in [3.05, 3.63) is 35.6 Å². The fraction of sp³-hybridized carbons (Fsp3) is 0.562. The van der Waals surface area contributed by atoms with Gasteiger partial charge in [-0.05, 0) is 43.5 Å². The van der Waals surface area contributed by atoms with E-state index < -0.39 is 0 Å². The van der Waals surface area contributed by atoms with Gasteiger partial charge in [-0.3, -0.25) is 4.79 Å². The molecule has 0 bridgehead atoms. The van der Waals surface area contributed by atoms with E-state index in [9.17, 15) is 9.18 Å². The quantitative estimate of drug-likeness (QED) is 0.918. The van der Waals surface area contributed by atoms with Gasteiger partial charge in [0.2, 0.25) is 5.91 Å². The Labute approximate surface area is 120 Å². The highest BCUT2D eigenvalue weighted by atomic mass is 19.1. The zero-order valence-corrected chi connectivity index (χ0v) is 12.2. The first-order valence-electron chi connectivity index (χ1n) is 7.30. The van der Waals surface area contributed by atoms with Crippen LogP contribution >= 0.6 is 0 Å². The number of nitrogens with one attached hydrogen (secondary N) is 1. The van der Waals surface area contributed by atoms with Gasteiger partial charge in [0, 0.05) is 25.6 Å². The van der Waals surface area contributed by atoms with Gasteiger partial charge in [0.05, 0.1) is 0 Å². The van der Waals surface area contributed by atoms with Crippen molar-refractivity contribution in [2.45, 2.75) is 38.1 Å². The molecule has 0 saturated carbocycles. The summed E-state index contributed by atoms with van der Waals surface area (Å²) in [7, 11) is 1.94. The lowest BCUT2D eigenvalue weighted by molar-refractivity contribution is -0.132. The Bertz CT molecular complexity index is 446. The largest absolute Gasteiger partial charge is 0.341 e. The molecule has 2 rings (SSSR count). The molecule has 1 aromatic rings. The molecule has 1 fully saturated rings. The van der Waals surface area contributed by atoms with Gasteiger partial charge in [-0.2, -0.15) is 0 Å². The second kappa shape index (κ2) is 6.84. The molecule has 0 spiro atoms. The maximum Gasteiger partial charge on any atom is 0.223 e. The molecule has 20 heavy (non-hydrogen) atoms. The third-order valence-corrected chi connectivity index (χ3v) is 4.10. The Hall–Kier alpha value is -1.42. The van der Waals surface area contributed by atoms with Gasteiger partial charge in [-0.1, -0.05) is 19.1 Å². The Balaban J connectivity index is 1.91. The SMILES string of the molecule is CNC1CCCN(C(=O)CC(C)c2ccc(F)cc2)C1. The van der Waals surface area contributed by atoms with E-state index in [1.165, 1.54) is 12.1 Å². The van der Waals surface area contributed by atoms with Crippen molar-refractivity contribution in [3.8, 4) is 0 Å². The molecule has 1 amide bonds. The van der Waals surface area contributed by atoms with E-state index in [4.69, 9.17) is 0 Å². The van der Waals surface area contributed by atoms with Crippen molar-refractivity contribution >= 4 is 5.91 Å². The highest BCUT2D eigenvalue weighted by Gasteiger charge is 2.23. The van der Waals surface area contributed by atoms with Gasteiger partial charge in [-0.25, -0.2) is 4.39 Å². The van der Waals surface area contributed by atoms with Gasteiger partial charge < -0.3 is 10.2 Å². The summed E-state index contributed by atoms with van der Waals surface area (Å²) in [6.45, 7) is 3.67. The molecule has 2 atom stereocenters. The lowest BCUT2D eigenvalue weighted by Gasteiger charge is -2.33. The minimum absolute atomic E-state index is 0.123. The third kappa shape index (κ3) is 3.79. The monoisotopic (exact) mass is 278 g/mol. The van der Waals surface area contributed by atoms with Crippen LogP contribution in [-0.2, 0) is 4.79 Å². The number of carbonyl (C=O) groups excluding carboxylic acids is 1. The molecular formula is C16H23FN2O. The number of rotatable bonds is 4. The molecule has 1 aromatic carbocycles. The molecule has 1 aliphatic heterocycles. The van der Waals surface area contributed by atoms with E-state index in [0.29, 0.717) is 12.5 Å². The summed E-state index contributed by atoms with van der Waals surface area (Å²) >= 11 is 0. The highest BCUT2D eigenvalue weighted by molar-refractivity contribution is 5.77. The van der Waals surface area contributed by atoms with E-state index in [0.717, 1.165) is 31.5 Å². The number of benzene rings is 1. The van der Waals surface area contributed by atoms with Crippen LogP contribution in [0, 0.1) is 5.82 Å². The van der Waals surface area contributed by atoms with Crippen LogP contribution in [0.1, 0.15) is 37.7 Å². The number of likely N-dealkylation sites (N-methyl/N-ethyl adjacent to an activating group) is 1. The first kappa shape index (κ1) is 15.0. The smallest absolute Gasteiger partial charge is 0.223 e. The molecule has 0 radical (unpaired) electrons. The van der Waals surface area contributed by atoms with Crippen molar-refractivity contribution in [2.24, 2.45) is 0 Å². The van der Waals surface area contributed by atoms with Crippen LogP contribution in [0.5, 0.6) is 0 Å². The third-order valence-electron chi connectivity index (χ3n) is 4.10. The van der Waals surface area contributed by atoms with E-state index >= 15 is 0 Å². The van der Waals surface area contributed by atoms with E-state index in [-0.39, 0.29) is 17.6 Å². The van der Waals surface area contributed by atoms with Crippen molar-refractivity contribution in [1.29, 1.82) is 0 Å². The molecule has 0 aromatic heterocycles. The first-order chi connectivity index (χ1) is 9.60. The van der Waals surface area contributed by atoms with E-state index in [1.807, 2.05) is 18.9 Å². The average Bonchev–Trinajstić information content (AvgIpc) is 2.47.